The number of sulfonamides is 1. The average molecular weight is 447 g/mol. The van der Waals surface area contributed by atoms with E-state index in [9.17, 15) is 13.2 Å². The van der Waals surface area contributed by atoms with E-state index in [1.807, 2.05) is 25.1 Å². The highest BCUT2D eigenvalue weighted by atomic mass is 32.2. The molecule has 2 aromatic carbocycles. The lowest BCUT2D eigenvalue weighted by atomic mass is 10.1. The van der Waals surface area contributed by atoms with Crippen LogP contribution in [-0.2, 0) is 27.8 Å². The first-order chi connectivity index (χ1) is 14.9. The van der Waals surface area contributed by atoms with Crippen LogP contribution in [0.2, 0.25) is 0 Å². The number of aryl methyl sites for hydroxylation is 1. The first kappa shape index (κ1) is 23.1. The van der Waals surface area contributed by atoms with Gasteiger partial charge < -0.3 is 14.4 Å². The number of carbonyl (C=O) groups is 1. The Balaban J connectivity index is 1.57. The molecule has 1 N–H and O–H groups in total. The zero-order valence-corrected chi connectivity index (χ0v) is 19.1. The molecule has 0 bridgehead atoms. The second-order valence-corrected chi connectivity index (χ2v) is 9.35. The normalized spacial score (nSPS) is 13.6. The number of hydrogen-bond donors (Lipinski definition) is 1. The standard InChI is InChI=1S/C23H30N2O5S/c1-4-25(16-18-7-13-21(29-2)22(15-18)30-3)23(26)14-8-17-5-11-20(12-6-17)31(27,28)24-19-9-10-19/h5-7,11-13,15,19,24H,4,8-10,14,16H2,1-3H3. The van der Waals surface area contributed by atoms with Crippen molar-refractivity contribution in [2.45, 2.75) is 50.1 Å². The van der Waals surface area contributed by atoms with Gasteiger partial charge in [-0.25, -0.2) is 13.1 Å². The van der Waals surface area contributed by atoms with Crippen molar-refractivity contribution in [1.82, 2.24) is 9.62 Å². The molecule has 1 fully saturated rings. The van der Waals surface area contributed by atoms with Crippen molar-refractivity contribution in [1.29, 1.82) is 0 Å². The molecule has 0 saturated heterocycles. The van der Waals surface area contributed by atoms with Crippen molar-refractivity contribution in [2.24, 2.45) is 0 Å². The molecule has 1 saturated carbocycles. The number of amides is 1. The summed E-state index contributed by atoms with van der Waals surface area (Å²) in [7, 11) is -0.278. The van der Waals surface area contributed by atoms with Crippen molar-refractivity contribution < 1.29 is 22.7 Å². The number of ether oxygens (including phenoxy) is 2. The average Bonchev–Trinajstić information content (AvgIpc) is 3.59. The summed E-state index contributed by atoms with van der Waals surface area (Å²) in [5.74, 6) is 1.33. The lowest BCUT2D eigenvalue weighted by Crippen LogP contribution is -2.30. The van der Waals surface area contributed by atoms with Gasteiger partial charge in [0.25, 0.3) is 0 Å². The largest absolute Gasteiger partial charge is 0.493 e. The third-order valence-corrected chi connectivity index (χ3v) is 6.85. The van der Waals surface area contributed by atoms with E-state index in [1.165, 1.54) is 0 Å². The van der Waals surface area contributed by atoms with E-state index in [1.54, 1.807) is 43.4 Å². The van der Waals surface area contributed by atoms with Crippen LogP contribution >= 0.6 is 0 Å². The topological polar surface area (TPSA) is 84.9 Å². The molecule has 0 heterocycles. The van der Waals surface area contributed by atoms with E-state index in [0.29, 0.717) is 37.4 Å². The van der Waals surface area contributed by atoms with Crippen LogP contribution in [0.1, 0.15) is 37.3 Å². The van der Waals surface area contributed by atoms with E-state index in [-0.39, 0.29) is 16.8 Å². The first-order valence-corrected chi connectivity index (χ1v) is 11.9. The molecule has 0 spiro atoms. The SMILES string of the molecule is CCN(Cc1ccc(OC)c(OC)c1)C(=O)CCc1ccc(S(=O)(=O)NC2CC2)cc1. The number of nitrogens with one attached hydrogen (secondary N) is 1. The van der Waals surface area contributed by atoms with Crippen LogP contribution in [0.15, 0.2) is 47.4 Å². The molecule has 0 atom stereocenters. The molecule has 0 aliphatic heterocycles. The molecule has 31 heavy (non-hydrogen) atoms. The van der Waals surface area contributed by atoms with Gasteiger partial charge >= 0.3 is 0 Å². The summed E-state index contributed by atoms with van der Waals surface area (Å²) in [5.41, 5.74) is 1.89. The predicted octanol–water partition coefficient (Wildman–Crippen LogP) is 3.13. The van der Waals surface area contributed by atoms with Crippen molar-refractivity contribution in [3.05, 3.63) is 53.6 Å². The Bertz CT molecular complexity index is 1000. The van der Waals surface area contributed by atoms with Crippen LogP contribution in [0.25, 0.3) is 0 Å². The minimum atomic E-state index is -3.45. The van der Waals surface area contributed by atoms with Gasteiger partial charge in [0, 0.05) is 25.6 Å². The fourth-order valence-electron chi connectivity index (χ4n) is 3.31. The van der Waals surface area contributed by atoms with Crippen molar-refractivity contribution in [3.63, 3.8) is 0 Å². The van der Waals surface area contributed by atoms with Gasteiger partial charge in [0.15, 0.2) is 11.5 Å². The molecule has 1 aliphatic rings. The van der Waals surface area contributed by atoms with Crippen LogP contribution in [0.5, 0.6) is 11.5 Å². The summed E-state index contributed by atoms with van der Waals surface area (Å²) in [4.78, 5) is 14.8. The Hall–Kier alpha value is -2.58. The highest BCUT2D eigenvalue weighted by Gasteiger charge is 2.27. The number of methoxy groups -OCH3 is 2. The third kappa shape index (κ3) is 6.21. The Morgan fingerprint density at radius 1 is 1.03 bits per heavy atom. The molecule has 168 valence electrons. The Morgan fingerprint density at radius 3 is 2.26 bits per heavy atom. The number of rotatable bonds is 11. The van der Waals surface area contributed by atoms with Gasteiger partial charge in [0.2, 0.25) is 15.9 Å². The van der Waals surface area contributed by atoms with E-state index in [0.717, 1.165) is 24.0 Å². The van der Waals surface area contributed by atoms with Crippen LogP contribution in [0.4, 0.5) is 0 Å². The Morgan fingerprint density at radius 2 is 1.68 bits per heavy atom. The summed E-state index contributed by atoms with van der Waals surface area (Å²) in [6.07, 6.45) is 2.71. The van der Waals surface area contributed by atoms with E-state index in [4.69, 9.17) is 9.47 Å². The fourth-order valence-corrected chi connectivity index (χ4v) is 4.61. The van der Waals surface area contributed by atoms with Crippen molar-refractivity contribution >= 4 is 15.9 Å². The minimum Gasteiger partial charge on any atom is -0.493 e. The lowest BCUT2D eigenvalue weighted by molar-refractivity contribution is -0.131. The van der Waals surface area contributed by atoms with Crippen LogP contribution in [-0.4, -0.2) is 46.0 Å². The summed E-state index contributed by atoms with van der Waals surface area (Å²) < 4.78 is 37.8. The molecule has 0 aromatic heterocycles. The molecule has 7 nitrogen and oxygen atoms in total. The monoisotopic (exact) mass is 446 g/mol. The number of hydrogen-bond acceptors (Lipinski definition) is 5. The second kappa shape index (κ2) is 10.2. The van der Waals surface area contributed by atoms with Crippen molar-refractivity contribution in [2.75, 3.05) is 20.8 Å². The third-order valence-electron chi connectivity index (χ3n) is 5.32. The van der Waals surface area contributed by atoms with E-state index >= 15 is 0 Å². The lowest BCUT2D eigenvalue weighted by Gasteiger charge is -2.22. The number of nitrogens with zero attached hydrogens (tertiary/aromatic N) is 1. The van der Waals surface area contributed by atoms with Gasteiger partial charge in [0.05, 0.1) is 19.1 Å². The van der Waals surface area contributed by atoms with E-state index < -0.39 is 10.0 Å². The number of benzene rings is 2. The van der Waals surface area contributed by atoms with Crippen molar-refractivity contribution in [3.8, 4) is 11.5 Å². The van der Waals surface area contributed by atoms with Gasteiger partial charge in [-0.1, -0.05) is 18.2 Å². The summed E-state index contributed by atoms with van der Waals surface area (Å²) >= 11 is 0. The maximum atomic E-state index is 12.7. The summed E-state index contributed by atoms with van der Waals surface area (Å²) in [6.45, 7) is 3.03. The summed E-state index contributed by atoms with van der Waals surface area (Å²) in [6, 6.07) is 12.5. The fraction of sp³-hybridized carbons (Fsp3) is 0.435. The molecular formula is C23H30N2O5S. The van der Waals surface area contributed by atoms with Gasteiger partial charge in [-0.15, -0.1) is 0 Å². The van der Waals surface area contributed by atoms with E-state index in [2.05, 4.69) is 4.72 Å². The Labute approximate surface area is 184 Å². The second-order valence-electron chi connectivity index (χ2n) is 7.64. The minimum absolute atomic E-state index is 0.0457. The highest BCUT2D eigenvalue weighted by Crippen LogP contribution is 2.28. The molecule has 3 rings (SSSR count). The first-order valence-electron chi connectivity index (χ1n) is 10.5. The van der Waals surface area contributed by atoms with Gasteiger partial charge in [-0.3, -0.25) is 4.79 Å². The molecule has 0 unspecified atom stereocenters. The molecular weight excluding hydrogens is 416 g/mol. The van der Waals surface area contributed by atoms with Gasteiger partial charge in [-0.05, 0) is 61.6 Å². The maximum absolute atomic E-state index is 12.7. The molecule has 2 aromatic rings. The quantitative estimate of drug-likeness (QED) is 0.573. The van der Waals surface area contributed by atoms with Crippen LogP contribution < -0.4 is 14.2 Å². The van der Waals surface area contributed by atoms with Crippen LogP contribution in [0, 0.1) is 0 Å². The predicted molar refractivity (Wildman–Crippen MR) is 119 cm³/mol. The molecule has 8 heteroatoms. The number of carbonyl (C=O) groups excluding carboxylic acids is 1. The maximum Gasteiger partial charge on any atom is 0.240 e. The van der Waals surface area contributed by atoms with Crippen LogP contribution in [0.3, 0.4) is 0 Å². The zero-order chi connectivity index (χ0) is 22.4. The smallest absolute Gasteiger partial charge is 0.240 e. The summed E-state index contributed by atoms with van der Waals surface area (Å²) in [5, 5.41) is 0. The molecule has 0 radical (unpaired) electrons. The van der Waals surface area contributed by atoms with Gasteiger partial charge in [-0.2, -0.15) is 0 Å². The Kier molecular flexibility index (Phi) is 7.56. The molecule has 1 aliphatic carbocycles. The highest BCUT2D eigenvalue weighted by molar-refractivity contribution is 7.89. The van der Waals surface area contributed by atoms with Gasteiger partial charge in [0.1, 0.15) is 0 Å². The zero-order valence-electron chi connectivity index (χ0n) is 18.3. The molecule has 1 amide bonds.